The molecule has 1 N–H and O–H groups in total. The van der Waals surface area contributed by atoms with Crippen LogP contribution in [0.3, 0.4) is 0 Å². The maximum Gasteiger partial charge on any atom is 0.223 e. The second-order valence-corrected chi connectivity index (χ2v) is 4.16. The summed E-state index contributed by atoms with van der Waals surface area (Å²) in [7, 11) is 3.14. The second kappa shape index (κ2) is 6.08. The molecule has 0 heterocycles. The van der Waals surface area contributed by atoms with Gasteiger partial charge in [0.25, 0.3) is 0 Å². The van der Waals surface area contributed by atoms with Crippen molar-refractivity contribution in [3.63, 3.8) is 0 Å². The predicted molar refractivity (Wildman–Crippen MR) is 57.3 cm³/mol. The summed E-state index contributed by atoms with van der Waals surface area (Å²) in [6.45, 7) is 2.57. The van der Waals surface area contributed by atoms with E-state index in [1.54, 1.807) is 14.2 Å². The smallest absolute Gasteiger partial charge is 0.223 e. The summed E-state index contributed by atoms with van der Waals surface area (Å²) in [4.78, 5) is 11.8. The molecule has 88 valence electrons. The monoisotopic (exact) mass is 215 g/mol. The van der Waals surface area contributed by atoms with Gasteiger partial charge in [0.2, 0.25) is 5.91 Å². The normalized spacial score (nSPS) is 25.9. The summed E-state index contributed by atoms with van der Waals surface area (Å²) in [6, 6.07) is 0. The molecule has 0 saturated heterocycles. The number of ether oxygens (including phenoxy) is 2. The Morgan fingerprint density at radius 3 is 2.53 bits per heavy atom. The van der Waals surface area contributed by atoms with Crippen LogP contribution in [0.4, 0.5) is 0 Å². The van der Waals surface area contributed by atoms with E-state index in [9.17, 15) is 4.79 Å². The number of rotatable bonds is 5. The van der Waals surface area contributed by atoms with Crippen LogP contribution in [0.2, 0.25) is 0 Å². The molecule has 0 aromatic carbocycles. The van der Waals surface area contributed by atoms with Crippen LogP contribution in [0.1, 0.15) is 26.2 Å². The highest BCUT2D eigenvalue weighted by atomic mass is 16.7. The van der Waals surface area contributed by atoms with Crippen molar-refractivity contribution in [1.82, 2.24) is 5.32 Å². The molecule has 2 unspecified atom stereocenters. The third kappa shape index (κ3) is 3.47. The van der Waals surface area contributed by atoms with Crippen LogP contribution in [0.25, 0.3) is 0 Å². The zero-order valence-corrected chi connectivity index (χ0v) is 9.79. The molecule has 4 heteroatoms. The Labute approximate surface area is 91.3 Å². The van der Waals surface area contributed by atoms with Gasteiger partial charge in [0.1, 0.15) is 0 Å². The standard InChI is InChI=1S/C11H21NO3/c1-8-5-4-6-9(8)11(13)12-7-10(14-2)15-3/h8-10H,4-7H2,1-3H3,(H,12,13). The van der Waals surface area contributed by atoms with E-state index in [-0.39, 0.29) is 18.1 Å². The number of hydrogen-bond donors (Lipinski definition) is 1. The zero-order valence-electron chi connectivity index (χ0n) is 9.79. The molecule has 0 aliphatic heterocycles. The van der Waals surface area contributed by atoms with Crippen LogP contribution in [-0.2, 0) is 14.3 Å². The molecular formula is C11H21NO3. The number of amides is 1. The largest absolute Gasteiger partial charge is 0.354 e. The van der Waals surface area contributed by atoms with E-state index in [1.165, 1.54) is 0 Å². The maximum absolute atomic E-state index is 11.8. The van der Waals surface area contributed by atoms with E-state index < -0.39 is 0 Å². The van der Waals surface area contributed by atoms with Gasteiger partial charge in [-0.2, -0.15) is 0 Å². The Morgan fingerprint density at radius 1 is 1.40 bits per heavy atom. The fourth-order valence-corrected chi connectivity index (χ4v) is 2.11. The zero-order chi connectivity index (χ0) is 11.3. The Bertz CT molecular complexity index is 204. The van der Waals surface area contributed by atoms with Gasteiger partial charge in [-0.3, -0.25) is 4.79 Å². The summed E-state index contributed by atoms with van der Waals surface area (Å²) in [5, 5.41) is 2.87. The molecule has 0 aromatic rings. The number of hydrogen-bond acceptors (Lipinski definition) is 3. The Hall–Kier alpha value is -0.610. The molecule has 0 bridgehead atoms. The van der Waals surface area contributed by atoms with E-state index >= 15 is 0 Å². The van der Waals surface area contributed by atoms with E-state index in [4.69, 9.17) is 9.47 Å². The van der Waals surface area contributed by atoms with Crippen molar-refractivity contribution in [2.24, 2.45) is 11.8 Å². The van der Waals surface area contributed by atoms with Gasteiger partial charge in [-0.1, -0.05) is 13.3 Å². The first kappa shape index (κ1) is 12.5. The Morgan fingerprint density at radius 2 is 2.07 bits per heavy atom. The summed E-state index contributed by atoms with van der Waals surface area (Å²) in [5.74, 6) is 0.826. The molecule has 1 saturated carbocycles. The third-order valence-corrected chi connectivity index (χ3v) is 3.17. The van der Waals surface area contributed by atoms with Crippen LogP contribution < -0.4 is 5.32 Å². The molecule has 0 spiro atoms. The van der Waals surface area contributed by atoms with E-state index in [1.807, 2.05) is 0 Å². The van der Waals surface area contributed by atoms with Crippen molar-refractivity contribution >= 4 is 5.91 Å². The van der Waals surface area contributed by atoms with Gasteiger partial charge in [0.15, 0.2) is 6.29 Å². The average molecular weight is 215 g/mol. The van der Waals surface area contributed by atoms with Crippen LogP contribution in [-0.4, -0.2) is 33.0 Å². The topological polar surface area (TPSA) is 47.6 Å². The van der Waals surface area contributed by atoms with Gasteiger partial charge in [-0.05, 0) is 18.8 Å². The van der Waals surface area contributed by atoms with Gasteiger partial charge in [-0.25, -0.2) is 0 Å². The maximum atomic E-state index is 11.8. The average Bonchev–Trinajstić information content (AvgIpc) is 2.66. The molecule has 1 rings (SSSR count). The molecule has 2 atom stereocenters. The van der Waals surface area contributed by atoms with Crippen molar-refractivity contribution in [2.75, 3.05) is 20.8 Å². The van der Waals surface area contributed by atoms with E-state index in [0.29, 0.717) is 12.5 Å². The second-order valence-electron chi connectivity index (χ2n) is 4.16. The van der Waals surface area contributed by atoms with E-state index in [0.717, 1.165) is 19.3 Å². The van der Waals surface area contributed by atoms with Crippen LogP contribution in [0, 0.1) is 11.8 Å². The number of nitrogens with one attached hydrogen (secondary N) is 1. The SMILES string of the molecule is COC(CNC(=O)C1CCCC1C)OC. The fraction of sp³-hybridized carbons (Fsp3) is 0.909. The summed E-state index contributed by atoms with van der Waals surface area (Å²) >= 11 is 0. The molecule has 15 heavy (non-hydrogen) atoms. The molecule has 1 aliphatic carbocycles. The molecule has 4 nitrogen and oxygen atoms in total. The van der Waals surface area contributed by atoms with Gasteiger partial charge in [0, 0.05) is 20.1 Å². The Balaban J connectivity index is 2.29. The molecule has 1 amide bonds. The minimum absolute atomic E-state index is 0.138. The summed E-state index contributed by atoms with van der Waals surface area (Å²) in [6.07, 6.45) is 3.00. The molecule has 0 radical (unpaired) electrons. The van der Waals surface area contributed by atoms with Crippen LogP contribution in [0.15, 0.2) is 0 Å². The highest BCUT2D eigenvalue weighted by Gasteiger charge is 2.29. The first-order valence-electron chi connectivity index (χ1n) is 5.52. The minimum Gasteiger partial charge on any atom is -0.354 e. The highest BCUT2D eigenvalue weighted by Crippen LogP contribution is 2.31. The highest BCUT2D eigenvalue weighted by molar-refractivity contribution is 5.79. The molecule has 0 aromatic heterocycles. The molecule has 1 aliphatic rings. The number of carbonyl (C=O) groups excluding carboxylic acids is 1. The van der Waals surface area contributed by atoms with Gasteiger partial charge >= 0.3 is 0 Å². The van der Waals surface area contributed by atoms with Gasteiger partial charge < -0.3 is 14.8 Å². The molecule has 1 fully saturated rings. The first-order valence-corrected chi connectivity index (χ1v) is 5.52. The summed E-state index contributed by atoms with van der Waals surface area (Å²) < 4.78 is 10.0. The van der Waals surface area contributed by atoms with Crippen LogP contribution >= 0.6 is 0 Å². The van der Waals surface area contributed by atoms with Gasteiger partial charge in [0.05, 0.1) is 6.54 Å². The van der Waals surface area contributed by atoms with Crippen molar-refractivity contribution < 1.29 is 14.3 Å². The van der Waals surface area contributed by atoms with Crippen molar-refractivity contribution in [3.8, 4) is 0 Å². The van der Waals surface area contributed by atoms with Crippen molar-refractivity contribution in [3.05, 3.63) is 0 Å². The van der Waals surface area contributed by atoms with Gasteiger partial charge in [-0.15, -0.1) is 0 Å². The lowest BCUT2D eigenvalue weighted by atomic mass is 9.97. The van der Waals surface area contributed by atoms with Crippen molar-refractivity contribution in [2.45, 2.75) is 32.5 Å². The first-order chi connectivity index (χ1) is 7.19. The minimum atomic E-state index is -0.342. The third-order valence-electron chi connectivity index (χ3n) is 3.17. The lowest BCUT2D eigenvalue weighted by Gasteiger charge is -2.18. The Kier molecular flexibility index (Phi) is 5.05. The fourth-order valence-electron chi connectivity index (χ4n) is 2.11. The summed E-state index contributed by atoms with van der Waals surface area (Å²) in [5.41, 5.74) is 0. The van der Waals surface area contributed by atoms with Crippen LogP contribution in [0.5, 0.6) is 0 Å². The lowest BCUT2D eigenvalue weighted by molar-refractivity contribution is -0.131. The quantitative estimate of drug-likeness (QED) is 0.700. The van der Waals surface area contributed by atoms with Crippen molar-refractivity contribution in [1.29, 1.82) is 0 Å². The number of carbonyl (C=O) groups is 1. The molecular weight excluding hydrogens is 194 g/mol. The van der Waals surface area contributed by atoms with E-state index in [2.05, 4.69) is 12.2 Å². The lowest BCUT2D eigenvalue weighted by Crippen LogP contribution is -2.38. The predicted octanol–water partition coefficient (Wildman–Crippen LogP) is 1.16. The number of methoxy groups -OCH3 is 2.